The molecule has 2 fully saturated rings. The molecule has 1 aliphatic carbocycles. The quantitative estimate of drug-likeness (QED) is 0.916. The second kappa shape index (κ2) is 6.10. The molecule has 0 aromatic heterocycles. The summed E-state index contributed by atoms with van der Waals surface area (Å²) in [7, 11) is 1.57. The summed E-state index contributed by atoms with van der Waals surface area (Å²) in [6, 6.07) is 5.63. The highest BCUT2D eigenvalue weighted by Crippen LogP contribution is 2.44. The van der Waals surface area contributed by atoms with Gasteiger partial charge in [0.05, 0.1) is 7.11 Å². The Morgan fingerprint density at radius 2 is 2.05 bits per heavy atom. The van der Waals surface area contributed by atoms with Gasteiger partial charge < -0.3 is 10.1 Å². The molecule has 1 saturated carbocycles. The van der Waals surface area contributed by atoms with Crippen molar-refractivity contribution < 1.29 is 9.13 Å². The van der Waals surface area contributed by atoms with Crippen molar-refractivity contribution in [3.8, 4) is 5.75 Å². The van der Waals surface area contributed by atoms with Gasteiger partial charge in [0, 0.05) is 37.8 Å². The standard InChI is InChI=1S/C16H23FN2O/c1-20-16-13(6-3-7-14(16)17)15(12-4-2-5-12)19-10-8-18-9-11-19/h3,6-7,12,15,18H,2,4-5,8-11H2,1H3/t15-/m0/s1. The van der Waals surface area contributed by atoms with Gasteiger partial charge in [-0.1, -0.05) is 18.6 Å². The van der Waals surface area contributed by atoms with Crippen molar-refractivity contribution in [1.82, 2.24) is 10.2 Å². The van der Waals surface area contributed by atoms with Crippen LogP contribution in [0.15, 0.2) is 18.2 Å². The number of nitrogens with zero attached hydrogens (tertiary/aromatic N) is 1. The van der Waals surface area contributed by atoms with Crippen LogP contribution in [0.4, 0.5) is 4.39 Å². The summed E-state index contributed by atoms with van der Waals surface area (Å²) in [5, 5.41) is 3.39. The van der Waals surface area contributed by atoms with Gasteiger partial charge >= 0.3 is 0 Å². The van der Waals surface area contributed by atoms with Crippen LogP contribution < -0.4 is 10.1 Å². The Hall–Kier alpha value is -1.13. The number of ether oxygens (including phenoxy) is 1. The molecule has 0 bridgehead atoms. The SMILES string of the molecule is COc1c(F)cccc1[C@H](C1CCC1)N1CCNCC1. The Labute approximate surface area is 120 Å². The monoisotopic (exact) mass is 278 g/mol. The maximum atomic E-state index is 14.0. The van der Waals surface area contributed by atoms with Crippen LogP contribution in [0.1, 0.15) is 30.9 Å². The third-order valence-electron chi connectivity index (χ3n) is 4.66. The van der Waals surface area contributed by atoms with Gasteiger partial charge in [-0.05, 0) is 24.8 Å². The predicted molar refractivity (Wildman–Crippen MR) is 77.5 cm³/mol. The zero-order valence-corrected chi connectivity index (χ0v) is 12.1. The Morgan fingerprint density at radius 3 is 2.65 bits per heavy atom. The van der Waals surface area contributed by atoms with Crippen molar-refractivity contribution in [3.05, 3.63) is 29.6 Å². The van der Waals surface area contributed by atoms with Crippen molar-refractivity contribution in [2.75, 3.05) is 33.3 Å². The summed E-state index contributed by atoms with van der Waals surface area (Å²) < 4.78 is 19.4. The van der Waals surface area contributed by atoms with Crippen molar-refractivity contribution in [2.24, 2.45) is 5.92 Å². The highest BCUT2D eigenvalue weighted by atomic mass is 19.1. The van der Waals surface area contributed by atoms with Gasteiger partial charge in [-0.25, -0.2) is 4.39 Å². The van der Waals surface area contributed by atoms with E-state index in [9.17, 15) is 4.39 Å². The number of para-hydroxylation sites is 1. The summed E-state index contributed by atoms with van der Waals surface area (Å²) in [4.78, 5) is 2.50. The van der Waals surface area contributed by atoms with E-state index >= 15 is 0 Å². The average Bonchev–Trinajstić information content (AvgIpc) is 2.43. The van der Waals surface area contributed by atoms with Crippen LogP contribution in [0.2, 0.25) is 0 Å². The van der Waals surface area contributed by atoms with Crippen LogP contribution in [0.5, 0.6) is 5.75 Å². The van der Waals surface area contributed by atoms with E-state index in [4.69, 9.17) is 4.74 Å². The van der Waals surface area contributed by atoms with E-state index in [2.05, 4.69) is 10.2 Å². The third-order valence-corrected chi connectivity index (χ3v) is 4.66. The Balaban J connectivity index is 1.94. The van der Waals surface area contributed by atoms with E-state index in [1.54, 1.807) is 13.2 Å². The first kappa shape index (κ1) is 13.8. The molecule has 3 rings (SSSR count). The van der Waals surface area contributed by atoms with E-state index in [0.29, 0.717) is 17.7 Å². The molecule has 0 amide bonds. The first-order valence-corrected chi connectivity index (χ1v) is 7.58. The molecule has 1 aromatic rings. The molecular formula is C16H23FN2O. The summed E-state index contributed by atoms with van der Waals surface area (Å²) >= 11 is 0. The minimum atomic E-state index is -0.246. The molecule has 1 saturated heterocycles. The van der Waals surface area contributed by atoms with Crippen molar-refractivity contribution in [1.29, 1.82) is 0 Å². The highest BCUT2D eigenvalue weighted by Gasteiger charge is 2.35. The van der Waals surface area contributed by atoms with Gasteiger partial charge in [-0.15, -0.1) is 0 Å². The first-order chi connectivity index (χ1) is 9.81. The number of benzene rings is 1. The molecule has 1 atom stereocenters. The van der Waals surface area contributed by atoms with Crippen molar-refractivity contribution in [2.45, 2.75) is 25.3 Å². The summed E-state index contributed by atoms with van der Waals surface area (Å²) in [6.07, 6.45) is 3.79. The number of hydrogen-bond donors (Lipinski definition) is 1. The molecule has 0 unspecified atom stereocenters. The zero-order chi connectivity index (χ0) is 13.9. The molecule has 1 N–H and O–H groups in total. The van der Waals surface area contributed by atoms with Gasteiger partial charge in [0.1, 0.15) is 0 Å². The molecule has 2 aliphatic rings. The Bertz CT molecular complexity index is 456. The average molecular weight is 278 g/mol. The van der Waals surface area contributed by atoms with Crippen LogP contribution in [0, 0.1) is 11.7 Å². The van der Waals surface area contributed by atoms with Gasteiger partial charge in [0.25, 0.3) is 0 Å². The number of piperazine rings is 1. The normalized spacial score (nSPS) is 22.3. The molecule has 20 heavy (non-hydrogen) atoms. The van der Waals surface area contributed by atoms with Gasteiger partial charge in [0.15, 0.2) is 11.6 Å². The largest absolute Gasteiger partial charge is 0.493 e. The highest BCUT2D eigenvalue weighted by molar-refractivity contribution is 5.38. The first-order valence-electron chi connectivity index (χ1n) is 7.58. The smallest absolute Gasteiger partial charge is 0.165 e. The molecule has 0 radical (unpaired) electrons. The number of methoxy groups -OCH3 is 1. The molecule has 1 aromatic carbocycles. The molecule has 110 valence electrons. The van der Waals surface area contributed by atoms with Crippen molar-refractivity contribution in [3.63, 3.8) is 0 Å². The lowest BCUT2D eigenvalue weighted by Gasteiger charge is -2.43. The van der Waals surface area contributed by atoms with E-state index in [1.807, 2.05) is 6.07 Å². The number of rotatable bonds is 4. The minimum Gasteiger partial charge on any atom is -0.493 e. The lowest BCUT2D eigenvalue weighted by Crippen LogP contribution is -2.48. The maximum Gasteiger partial charge on any atom is 0.165 e. The fourth-order valence-corrected chi connectivity index (χ4v) is 3.44. The van der Waals surface area contributed by atoms with Crippen LogP contribution in [0.3, 0.4) is 0 Å². The van der Waals surface area contributed by atoms with Crippen LogP contribution >= 0.6 is 0 Å². The Kier molecular flexibility index (Phi) is 4.22. The van der Waals surface area contributed by atoms with E-state index in [0.717, 1.165) is 31.7 Å². The molecule has 1 heterocycles. The van der Waals surface area contributed by atoms with Crippen LogP contribution in [-0.2, 0) is 0 Å². The molecule has 3 nitrogen and oxygen atoms in total. The number of nitrogens with one attached hydrogen (secondary N) is 1. The van der Waals surface area contributed by atoms with Gasteiger partial charge in [-0.2, -0.15) is 0 Å². The third kappa shape index (κ3) is 2.54. The second-order valence-electron chi connectivity index (χ2n) is 5.78. The topological polar surface area (TPSA) is 24.5 Å². The number of halogens is 1. The molecular weight excluding hydrogens is 255 g/mol. The number of hydrogen-bond acceptors (Lipinski definition) is 3. The molecule has 0 spiro atoms. The molecule has 1 aliphatic heterocycles. The van der Waals surface area contributed by atoms with Crippen LogP contribution in [-0.4, -0.2) is 38.2 Å². The lowest BCUT2D eigenvalue weighted by atomic mass is 9.76. The second-order valence-corrected chi connectivity index (χ2v) is 5.78. The summed E-state index contributed by atoms with van der Waals surface area (Å²) in [5.74, 6) is 0.830. The fourth-order valence-electron chi connectivity index (χ4n) is 3.44. The predicted octanol–water partition coefficient (Wildman–Crippen LogP) is 2.58. The Morgan fingerprint density at radius 1 is 1.30 bits per heavy atom. The summed E-state index contributed by atoms with van der Waals surface area (Å²) in [6.45, 7) is 4.09. The van der Waals surface area contributed by atoms with Crippen LogP contribution in [0.25, 0.3) is 0 Å². The molecule has 4 heteroatoms. The summed E-state index contributed by atoms with van der Waals surface area (Å²) in [5.41, 5.74) is 1.03. The van der Waals surface area contributed by atoms with E-state index < -0.39 is 0 Å². The fraction of sp³-hybridized carbons (Fsp3) is 0.625. The maximum absolute atomic E-state index is 14.0. The van der Waals surface area contributed by atoms with Crippen molar-refractivity contribution >= 4 is 0 Å². The zero-order valence-electron chi connectivity index (χ0n) is 12.1. The lowest BCUT2D eigenvalue weighted by molar-refractivity contribution is 0.0814. The van der Waals surface area contributed by atoms with Gasteiger partial charge in [0.2, 0.25) is 0 Å². The van der Waals surface area contributed by atoms with E-state index in [1.165, 1.54) is 25.3 Å². The van der Waals surface area contributed by atoms with E-state index in [-0.39, 0.29) is 5.82 Å². The van der Waals surface area contributed by atoms with Gasteiger partial charge in [-0.3, -0.25) is 4.90 Å². The minimum absolute atomic E-state index is 0.246.